The van der Waals surface area contributed by atoms with E-state index in [9.17, 15) is 4.39 Å². The standard InChI is InChI=1S/C16H18FNO/c1-11-6-4-5-7-14(11)12(2)18-13-8-9-16(19-3)15(17)10-13/h4-10,12,18H,1-3H3. The molecule has 0 aliphatic carbocycles. The number of ether oxygens (including phenoxy) is 1. The van der Waals surface area contributed by atoms with Crippen molar-refractivity contribution < 1.29 is 9.13 Å². The highest BCUT2D eigenvalue weighted by molar-refractivity contribution is 5.49. The first-order chi connectivity index (χ1) is 9.11. The van der Waals surface area contributed by atoms with Crippen molar-refractivity contribution in [3.8, 4) is 5.75 Å². The lowest BCUT2D eigenvalue weighted by Gasteiger charge is -2.18. The summed E-state index contributed by atoms with van der Waals surface area (Å²) in [6.45, 7) is 4.13. The molecule has 19 heavy (non-hydrogen) atoms. The van der Waals surface area contributed by atoms with Crippen LogP contribution in [0.15, 0.2) is 42.5 Å². The van der Waals surface area contributed by atoms with Crippen LogP contribution in [0.4, 0.5) is 10.1 Å². The maximum atomic E-state index is 13.6. The molecule has 0 aromatic heterocycles. The summed E-state index contributed by atoms with van der Waals surface area (Å²) in [4.78, 5) is 0. The maximum absolute atomic E-state index is 13.6. The molecule has 0 saturated carbocycles. The molecule has 0 saturated heterocycles. The maximum Gasteiger partial charge on any atom is 0.167 e. The molecular formula is C16H18FNO. The van der Waals surface area contributed by atoms with E-state index in [1.54, 1.807) is 6.07 Å². The molecule has 0 heterocycles. The Balaban J connectivity index is 2.17. The lowest BCUT2D eigenvalue weighted by molar-refractivity contribution is 0.386. The average molecular weight is 259 g/mol. The highest BCUT2D eigenvalue weighted by atomic mass is 19.1. The van der Waals surface area contributed by atoms with E-state index in [0.717, 1.165) is 5.69 Å². The largest absolute Gasteiger partial charge is 0.494 e. The van der Waals surface area contributed by atoms with Crippen molar-refractivity contribution in [2.45, 2.75) is 19.9 Å². The van der Waals surface area contributed by atoms with Crippen LogP contribution in [-0.2, 0) is 0 Å². The summed E-state index contributed by atoms with van der Waals surface area (Å²) in [5.41, 5.74) is 3.17. The molecule has 1 N–H and O–H groups in total. The number of rotatable bonds is 4. The zero-order valence-corrected chi connectivity index (χ0v) is 11.4. The first kappa shape index (κ1) is 13.4. The molecule has 2 nitrogen and oxygen atoms in total. The van der Waals surface area contributed by atoms with Gasteiger partial charge < -0.3 is 10.1 Å². The van der Waals surface area contributed by atoms with Gasteiger partial charge in [0.05, 0.1) is 7.11 Å². The zero-order valence-electron chi connectivity index (χ0n) is 11.4. The quantitative estimate of drug-likeness (QED) is 0.883. The third-order valence-corrected chi connectivity index (χ3v) is 3.19. The average Bonchev–Trinajstić information content (AvgIpc) is 2.39. The van der Waals surface area contributed by atoms with Gasteiger partial charge in [-0.15, -0.1) is 0 Å². The molecular weight excluding hydrogens is 241 g/mol. The Morgan fingerprint density at radius 2 is 1.89 bits per heavy atom. The van der Waals surface area contributed by atoms with Crippen molar-refractivity contribution in [2.24, 2.45) is 0 Å². The van der Waals surface area contributed by atoms with Crippen molar-refractivity contribution in [2.75, 3.05) is 12.4 Å². The summed E-state index contributed by atoms with van der Waals surface area (Å²) >= 11 is 0. The van der Waals surface area contributed by atoms with Crippen molar-refractivity contribution in [1.29, 1.82) is 0 Å². The van der Waals surface area contributed by atoms with Crippen LogP contribution in [0.3, 0.4) is 0 Å². The predicted molar refractivity (Wildman–Crippen MR) is 76.2 cm³/mol. The van der Waals surface area contributed by atoms with E-state index in [0.29, 0.717) is 0 Å². The van der Waals surface area contributed by atoms with Gasteiger partial charge in [-0.25, -0.2) is 4.39 Å². The van der Waals surface area contributed by atoms with Gasteiger partial charge in [-0.2, -0.15) is 0 Å². The van der Waals surface area contributed by atoms with Gasteiger partial charge in [-0.3, -0.25) is 0 Å². The van der Waals surface area contributed by atoms with E-state index in [1.807, 2.05) is 18.2 Å². The summed E-state index contributed by atoms with van der Waals surface area (Å²) < 4.78 is 18.5. The van der Waals surface area contributed by atoms with Gasteiger partial charge in [-0.1, -0.05) is 24.3 Å². The minimum Gasteiger partial charge on any atom is -0.494 e. The molecule has 0 aliphatic heterocycles. The molecule has 0 aliphatic rings. The lowest BCUT2D eigenvalue weighted by Crippen LogP contribution is -2.08. The van der Waals surface area contributed by atoms with Gasteiger partial charge in [0, 0.05) is 17.8 Å². The Morgan fingerprint density at radius 3 is 2.53 bits per heavy atom. The third kappa shape index (κ3) is 3.05. The molecule has 0 amide bonds. The minimum atomic E-state index is -0.357. The van der Waals surface area contributed by atoms with Crippen molar-refractivity contribution in [3.05, 3.63) is 59.4 Å². The summed E-state index contributed by atoms with van der Waals surface area (Å²) in [7, 11) is 1.46. The molecule has 3 heteroatoms. The summed E-state index contributed by atoms with van der Waals surface area (Å²) in [6, 6.07) is 13.2. The van der Waals surface area contributed by atoms with Gasteiger partial charge in [0.1, 0.15) is 0 Å². The Kier molecular flexibility index (Phi) is 4.05. The van der Waals surface area contributed by atoms with Crippen LogP contribution in [0.1, 0.15) is 24.1 Å². The van der Waals surface area contributed by atoms with Crippen molar-refractivity contribution in [3.63, 3.8) is 0 Å². The number of benzene rings is 2. The topological polar surface area (TPSA) is 21.3 Å². The normalized spacial score (nSPS) is 12.0. The fourth-order valence-electron chi connectivity index (χ4n) is 2.16. The lowest BCUT2D eigenvalue weighted by atomic mass is 10.0. The first-order valence-electron chi connectivity index (χ1n) is 6.27. The number of nitrogens with one attached hydrogen (secondary N) is 1. The number of anilines is 1. The summed E-state index contributed by atoms with van der Waals surface area (Å²) in [5, 5.41) is 3.30. The predicted octanol–water partition coefficient (Wildman–Crippen LogP) is 4.32. The van der Waals surface area contributed by atoms with Crippen LogP contribution in [0, 0.1) is 12.7 Å². The molecule has 0 fully saturated rings. The molecule has 1 atom stereocenters. The van der Waals surface area contributed by atoms with Crippen LogP contribution < -0.4 is 10.1 Å². The van der Waals surface area contributed by atoms with Crippen LogP contribution in [0.5, 0.6) is 5.75 Å². The monoisotopic (exact) mass is 259 g/mol. The van der Waals surface area contributed by atoms with Gasteiger partial charge in [0.15, 0.2) is 11.6 Å². The van der Waals surface area contributed by atoms with E-state index in [1.165, 1.54) is 24.3 Å². The summed E-state index contributed by atoms with van der Waals surface area (Å²) in [6.07, 6.45) is 0. The Morgan fingerprint density at radius 1 is 1.16 bits per heavy atom. The second-order valence-electron chi connectivity index (χ2n) is 4.57. The SMILES string of the molecule is COc1ccc(NC(C)c2ccccc2C)cc1F. The second-order valence-corrected chi connectivity index (χ2v) is 4.57. The summed E-state index contributed by atoms with van der Waals surface area (Å²) in [5.74, 6) is -0.0985. The first-order valence-corrected chi connectivity index (χ1v) is 6.27. The Labute approximate surface area is 113 Å². The molecule has 2 aromatic rings. The Bertz CT molecular complexity index is 568. The number of halogens is 1. The van der Waals surface area contributed by atoms with E-state index >= 15 is 0 Å². The van der Waals surface area contributed by atoms with E-state index < -0.39 is 0 Å². The molecule has 0 radical (unpaired) electrons. The second kappa shape index (κ2) is 5.74. The fourth-order valence-corrected chi connectivity index (χ4v) is 2.16. The highest BCUT2D eigenvalue weighted by Gasteiger charge is 2.09. The number of hydrogen-bond donors (Lipinski definition) is 1. The third-order valence-electron chi connectivity index (χ3n) is 3.19. The molecule has 1 unspecified atom stereocenters. The molecule has 2 aromatic carbocycles. The highest BCUT2D eigenvalue weighted by Crippen LogP contribution is 2.25. The van der Waals surface area contributed by atoms with Gasteiger partial charge in [0.25, 0.3) is 0 Å². The van der Waals surface area contributed by atoms with Crippen LogP contribution in [0.25, 0.3) is 0 Å². The fraction of sp³-hybridized carbons (Fsp3) is 0.250. The van der Waals surface area contributed by atoms with E-state index in [4.69, 9.17) is 4.74 Å². The molecule has 2 rings (SSSR count). The van der Waals surface area contributed by atoms with Crippen LogP contribution in [0.2, 0.25) is 0 Å². The zero-order chi connectivity index (χ0) is 13.8. The minimum absolute atomic E-state index is 0.119. The number of aryl methyl sites for hydroxylation is 1. The molecule has 100 valence electrons. The number of hydrogen-bond acceptors (Lipinski definition) is 2. The van der Waals surface area contributed by atoms with Gasteiger partial charge >= 0.3 is 0 Å². The van der Waals surface area contributed by atoms with Crippen LogP contribution >= 0.6 is 0 Å². The molecule has 0 bridgehead atoms. The number of methoxy groups -OCH3 is 1. The Hall–Kier alpha value is -2.03. The van der Waals surface area contributed by atoms with E-state index in [2.05, 4.69) is 31.3 Å². The molecule has 0 spiro atoms. The van der Waals surface area contributed by atoms with Crippen molar-refractivity contribution in [1.82, 2.24) is 0 Å². The smallest absolute Gasteiger partial charge is 0.167 e. The van der Waals surface area contributed by atoms with E-state index in [-0.39, 0.29) is 17.6 Å². The van der Waals surface area contributed by atoms with Crippen LogP contribution in [-0.4, -0.2) is 7.11 Å². The van der Waals surface area contributed by atoms with Gasteiger partial charge in [0.2, 0.25) is 0 Å². The van der Waals surface area contributed by atoms with Gasteiger partial charge in [-0.05, 0) is 37.1 Å². The van der Waals surface area contributed by atoms with Crippen molar-refractivity contribution >= 4 is 5.69 Å².